The Hall–Kier alpha value is -0.484. The van der Waals surface area contributed by atoms with Gasteiger partial charge in [-0.05, 0) is 0 Å². The van der Waals surface area contributed by atoms with Gasteiger partial charge in [0.25, 0.3) is 0 Å². The first-order valence-electron chi connectivity index (χ1n) is 9.52. The van der Waals surface area contributed by atoms with Crippen molar-refractivity contribution in [1.82, 2.24) is 0 Å². The molecule has 1 N–H and O–H groups in total. The Morgan fingerprint density at radius 2 is 1.79 bits per heavy atom. The number of phenolic OH excluding ortho intramolecular Hbond substituents is 1. The molecule has 1 aliphatic carbocycles. The standard InChI is InChI=1S/C22H21I2NO2SeSi/c1-11(2)29(12(3)4)19-9-13(26)5-6-15(19)25-16-7-8-17(27)20(21(16)29)18-10-14(23)22(24)28-18/h5-12,27H,1-4H3. The van der Waals surface area contributed by atoms with Crippen LogP contribution in [0.15, 0.2) is 46.6 Å². The van der Waals surface area contributed by atoms with Crippen molar-refractivity contribution < 1.29 is 9.90 Å². The zero-order valence-electron chi connectivity index (χ0n) is 16.6. The number of carbonyl (C=O) groups is 1. The van der Waals surface area contributed by atoms with Crippen LogP contribution >= 0.6 is 45.2 Å². The van der Waals surface area contributed by atoms with Gasteiger partial charge in [0, 0.05) is 0 Å². The number of allylic oxidation sites excluding steroid dienone is 4. The molecule has 4 rings (SSSR count). The minimum atomic E-state index is -2.41. The summed E-state index contributed by atoms with van der Waals surface area (Å²) in [6.07, 6.45) is 5.32. The Labute approximate surface area is 205 Å². The van der Waals surface area contributed by atoms with Gasteiger partial charge < -0.3 is 0 Å². The summed E-state index contributed by atoms with van der Waals surface area (Å²) in [5.74, 6) is 0.375. The van der Waals surface area contributed by atoms with E-state index >= 15 is 0 Å². The summed E-state index contributed by atoms with van der Waals surface area (Å²) in [7, 11) is -2.41. The van der Waals surface area contributed by atoms with Gasteiger partial charge in [0.15, 0.2) is 0 Å². The number of aromatic hydroxyl groups is 1. The van der Waals surface area contributed by atoms with E-state index in [4.69, 9.17) is 4.99 Å². The van der Waals surface area contributed by atoms with E-state index in [1.165, 1.54) is 15.6 Å². The van der Waals surface area contributed by atoms with Crippen molar-refractivity contribution in [2.75, 3.05) is 0 Å². The zero-order chi connectivity index (χ0) is 21.1. The number of hydrogen-bond donors (Lipinski definition) is 1. The summed E-state index contributed by atoms with van der Waals surface area (Å²) < 4.78 is 3.83. The second kappa shape index (κ2) is 7.89. The van der Waals surface area contributed by atoms with Crippen molar-refractivity contribution in [2.45, 2.75) is 38.8 Å². The number of hydrogen-bond acceptors (Lipinski definition) is 3. The molecule has 0 atom stereocenters. The van der Waals surface area contributed by atoms with Crippen molar-refractivity contribution >= 4 is 90.1 Å². The average Bonchev–Trinajstić information content (AvgIpc) is 2.97. The number of aliphatic imine (C=N–C) groups is 1. The first kappa shape index (κ1) is 21.7. The molecular weight excluding hydrogens is 671 g/mol. The molecular formula is C22H21I2NO2SeSi. The Kier molecular flexibility index (Phi) is 5.91. The normalized spacial score (nSPS) is 17.3. The van der Waals surface area contributed by atoms with Crippen LogP contribution < -0.4 is 5.19 Å². The van der Waals surface area contributed by atoms with Gasteiger partial charge in [-0.1, -0.05) is 0 Å². The van der Waals surface area contributed by atoms with Gasteiger partial charge >= 0.3 is 207 Å². The fourth-order valence-corrected chi connectivity index (χ4v) is 15.8. The van der Waals surface area contributed by atoms with Crippen LogP contribution in [0.25, 0.3) is 10.0 Å². The molecule has 150 valence electrons. The average molecular weight is 692 g/mol. The molecule has 29 heavy (non-hydrogen) atoms. The molecule has 0 saturated heterocycles. The Bertz CT molecular complexity index is 1100. The van der Waals surface area contributed by atoms with Gasteiger partial charge in [0.2, 0.25) is 0 Å². The van der Waals surface area contributed by atoms with Crippen LogP contribution in [0.3, 0.4) is 0 Å². The van der Waals surface area contributed by atoms with Gasteiger partial charge in [-0.2, -0.15) is 0 Å². The Morgan fingerprint density at radius 1 is 1.10 bits per heavy atom. The molecule has 2 heterocycles. The first-order valence-corrected chi connectivity index (χ1v) is 15.5. The molecule has 0 unspecified atom stereocenters. The number of rotatable bonds is 3. The molecule has 1 aromatic carbocycles. The fraction of sp³-hybridized carbons (Fsp3) is 0.273. The Balaban J connectivity index is 2.17. The van der Waals surface area contributed by atoms with Crippen LogP contribution in [-0.2, 0) is 4.79 Å². The molecule has 3 nitrogen and oxygen atoms in total. The number of benzene rings is 1. The maximum absolute atomic E-state index is 12.4. The van der Waals surface area contributed by atoms with E-state index in [2.05, 4.69) is 78.9 Å². The van der Waals surface area contributed by atoms with E-state index in [1.807, 2.05) is 18.2 Å². The van der Waals surface area contributed by atoms with Crippen molar-refractivity contribution in [3.8, 4) is 15.8 Å². The van der Waals surface area contributed by atoms with E-state index in [0.717, 1.165) is 22.2 Å². The topological polar surface area (TPSA) is 49.7 Å². The summed E-state index contributed by atoms with van der Waals surface area (Å²) in [5, 5.41) is 13.4. The quantitative estimate of drug-likeness (QED) is 0.263. The van der Waals surface area contributed by atoms with Crippen molar-refractivity contribution in [3.63, 3.8) is 0 Å². The molecule has 0 fully saturated rings. The van der Waals surface area contributed by atoms with E-state index < -0.39 is 8.07 Å². The van der Waals surface area contributed by atoms with E-state index in [9.17, 15) is 9.90 Å². The van der Waals surface area contributed by atoms with Crippen LogP contribution in [-0.4, -0.2) is 39.2 Å². The number of carbonyl (C=O) groups excluding carboxylic acids is 1. The monoisotopic (exact) mass is 693 g/mol. The summed E-state index contributed by atoms with van der Waals surface area (Å²) in [4.78, 5) is 17.4. The van der Waals surface area contributed by atoms with Crippen LogP contribution in [0.4, 0.5) is 5.69 Å². The molecule has 2 aliphatic rings. The molecule has 0 amide bonds. The van der Waals surface area contributed by atoms with E-state index in [0.29, 0.717) is 16.8 Å². The molecule has 0 bridgehead atoms. The first-order chi connectivity index (χ1) is 13.7. The van der Waals surface area contributed by atoms with Crippen LogP contribution in [0.2, 0.25) is 11.1 Å². The van der Waals surface area contributed by atoms with Gasteiger partial charge in [0.1, 0.15) is 0 Å². The number of fused-ring (bicyclic) bond motifs is 2. The predicted octanol–water partition coefficient (Wildman–Crippen LogP) is 5.49. The van der Waals surface area contributed by atoms with Crippen molar-refractivity contribution in [2.24, 2.45) is 4.99 Å². The maximum atomic E-state index is 12.4. The van der Waals surface area contributed by atoms with Crippen LogP contribution in [0.5, 0.6) is 5.75 Å². The zero-order valence-corrected chi connectivity index (χ0v) is 23.6. The number of phenols is 1. The van der Waals surface area contributed by atoms with E-state index in [-0.39, 0.29) is 20.3 Å². The third kappa shape index (κ3) is 3.31. The molecule has 1 aliphatic heterocycles. The van der Waals surface area contributed by atoms with Crippen LogP contribution in [0, 0.1) is 6.01 Å². The molecule has 1 aromatic heterocycles. The Morgan fingerprint density at radius 3 is 2.38 bits per heavy atom. The number of ketones is 1. The van der Waals surface area contributed by atoms with Crippen molar-refractivity contribution in [3.05, 3.63) is 47.6 Å². The molecule has 0 spiro atoms. The summed E-state index contributed by atoms with van der Waals surface area (Å²) in [6.45, 7) is 9.10. The minimum absolute atomic E-state index is 0.0392. The van der Waals surface area contributed by atoms with Gasteiger partial charge in [-0.15, -0.1) is 0 Å². The summed E-state index contributed by atoms with van der Waals surface area (Å²) >= 11 is 4.98. The number of nitrogens with zero attached hydrogens (tertiary/aromatic N) is 1. The summed E-state index contributed by atoms with van der Waals surface area (Å²) in [5.41, 5.74) is 3.59. The molecule has 0 radical (unpaired) electrons. The predicted molar refractivity (Wildman–Crippen MR) is 141 cm³/mol. The second-order valence-electron chi connectivity index (χ2n) is 8.06. The third-order valence-electron chi connectivity index (χ3n) is 5.94. The fourth-order valence-electron chi connectivity index (χ4n) is 4.89. The molecule has 7 heteroatoms. The van der Waals surface area contributed by atoms with Gasteiger partial charge in [-0.25, -0.2) is 0 Å². The summed E-state index contributed by atoms with van der Waals surface area (Å²) in [6, 6.07) is 5.97. The SMILES string of the molecule is CC(C)[Si]1(C(C)C)C2=CC(=O)C=CC2=Nc2ccc(O)c(-c3cc(I)c(I)[se]3)c21. The van der Waals surface area contributed by atoms with Gasteiger partial charge in [-0.3, -0.25) is 0 Å². The second-order valence-corrected chi connectivity index (χ2v) is 19.2. The number of halogens is 2. The molecule has 0 saturated carbocycles. The van der Waals surface area contributed by atoms with Crippen LogP contribution in [0.1, 0.15) is 27.7 Å². The van der Waals surface area contributed by atoms with Crippen molar-refractivity contribution in [1.29, 1.82) is 0 Å². The third-order valence-corrected chi connectivity index (χ3v) is 18.6. The van der Waals surface area contributed by atoms with Gasteiger partial charge in [0.05, 0.1) is 0 Å². The van der Waals surface area contributed by atoms with E-state index in [1.54, 1.807) is 12.1 Å². The molecule has 2 aromatic rings.